The van der Waals surface area contributed by atoms with Gasteiger partial charge in [-0.1, -0.05) is 6.07 Å². The van der Waals surface area contributed by atoms with Crippen molar-refractivity contribution in [2.75, 3.05) is 13.7 Å². The Hall–Kier alpha value is -2.15. The van der Waals surface area contributed by atoms with Crippen molar-refractivity contribution in [3.8, 4) is 23.8 Å². The number of hydrogen-bond donors (Lipinski definition) is 2. The fourth-order valence-corrected chi connectivity index (χ4v) is 1.52. The fourth-order valence-electron chi connectivity index (χ4n) is 1.52. The third-order valence-corrected chi connectivity index (χ3v) is 2.50. The number of carbonyl (C=O) groups is 1. The quantitative estimate of drug-likeness (QED) is 0.596. The van der Waals surface area contributed by atoms with Crippen molar-refractivity contribution >= 4 is 5.91 Å². The Kier molecular flexibility index (Phi) is 5.59. The van der Waals surface area contributed by atoms with E-state index in [-0.39, 0.29) is 23.0 Å². The summed E-state index contributed by atoms with van der Waals surface area (Å²) in [6.45, 7) is 0.539. The number of carbonyl (C=O) groups excluding carboxylic acids is 1. The molecule has 4 heteroatoms. The van der Waals surface area contributed by atoms with Gasteiger partial charge in [0.1, 0.15) is 0 Å². The molecule has 0 aliphatic heterocycles. The summed E-state index contributed by atoms with van der Waals surface area (Å²) in [4.78, 5) is 11.8. The van der Waals surface area contributed by atoms with Crippen LogP contribution in [0.25, 0.3) is 0 Å². The van der Waals surface area contributed by atoms with Crippen molar-refractivity contribution in [1.82, 2.24) is 5.32 Å². The Morgan fingerprint density at radius 1 is 1.50 bits per heavy atom. The van der Waals surface area contributed by atoms with E-state index in [0.717, 1.165) is 12.8 Å². The second kappa shape index (κ2) is 7.23. The monoisotopic (exact) mass is 247 g/mol. The molecule has 0 aliphatic rings. The van der Waals surface area contributed by atoms with E-state index < -0.39 is 0 Å². The molecule has 0 saturated carbocycles. The van der Waals surface area contributed by atoms with Crippen LogP contribution >= 0.6 is 0 Å². The van der Waals surface area contributed by atoms with Gasteiger partial charge in [-0.05, 0) is 25.0 Å². The lowest BCUT2D eigenvalue weighted by Gasteiger charge is -2.09. The van der Waals surface area contributed by atoms with Crippen LogP contribution in [-0.2, 0) is 0 Å². The minimum absolute atomic E-state index is 0.138. The summed E-state index contributed by atoms with van der Waals surface area (Å²) in [5.41, 5.74) is 0.214. The molecule has 0 heterocycles. The maximum absolute atomic E-state index is 11.8. The molecule has 96 valence electrons. The largest absolute Gasteiger partial charge is 0.504 e. The van der Waals surface area contributed by atoms with Crippen LogP contribution in [0.2, 0.25) is 0 Å². The third kappa shape index (κ3) is 3.70. The molecule has 18 heavy (non-hydrogen) atoms. The molecular weight excluding hydrogens is 230 g/mol. The standard InChI is InChI=1S/C14H17NO3/c1-3-4-5-6-10-15-14(17)11-8-7-9-12(18-2)13(11)16/h1,7-9,16H,4-6,10H2,2H3,(H,15,17). The third-order valence-electron chi connectivity index (χ3n) is 2.50. The molecule has 1 amide bonds. The van der Waals surface area contributed by atoms with E-state index in [1.165, 1.54) is 7.11 Å². The lowest BCUT2D eigenvalue weighted by molar-refractivity contribution is 0.0950. The molecule has 1 rings (SSSR count). The van der Waals surface area contributed by atoms with Gasteiger partial charge in [0.25, 0.3) is 5.91 Å². The van der Waals surface area contributed by atoms with Gasteiger partial charge in [-0.15, -0.1) is 12.3 Å². The van der Waals surface area contributed by atoms with Crippen molar-refractivity contribution in [1.29, 1.82) is 0 Å². The van der Waals surface area contributed by atoms with Crippen LogP contribution in [0.4, 0.5) is 0 Å². The van der Waals surface area contributed by atoms with Gasteiger partial charge in [-0.3, -0.25) is 4.79 Å². The molecule has 0 aliphatic carbocycles. The number of benzene rings is 1. The molecule has 0 radical (unpaired) electrons. The van der Waals surface area contributed by atoms with Gasteiger partial charge in [0, 0.05) is 13.0 Å². The first kappa shape index (κ1) is 13.9. The van der Waals surface area contributed by atoms with E-state index in [1.807, 2.05) is 0 Å². The molecule has 0 saturated heterocycles. The summed E-state index contributed by atoms with van der Waals surface area (Å²) in [5.74, 6) is 2.38. The smallest absolute Gasteiger partial charge is 0.255 e. The molecule has 0 fully saturated rings. The van der Waals surface area contributed by atoms with Crippen LogP contribution in [-0.4, -0.2) is 24.7 Å². The van der Waals surface area contributed by atoms with E-state index in [1.54, 1.807) is 18.2 Å². The number of rotatable bonds is 6. The maximum atomic E-state index is 11.8. The van der Waals surface area contributed by atoms with E-state index in [2.05, 4.69) is 11.2 Å². The number of amides is 1. The Labute approximate surface area is 107 Å². The number of hydrogen-bond acceptors (Lipinski definition) is 3. The van der Waals surface area contributed by atoms with E-state index in [9.17, 15) is 9.90 Å². The molecule has 0 spiro atoms. The van der Waals surface area contributed by atoms with Crippen LogP contribution < -0.4 is 10.1 Å². The zero-order chi connectivity index (χ0) is 13.4. The number of phenolic OH excluding ortho intramolecular Hbond substituents is 1. The number of unbranched alkanes of at least 4 members (excludes halogenated alkanes) is 2. The highest BCUT2D eigenvalue weighted by Crippen LogP contribution is 2.29. The highest BCUT2D eigenvalue weighted by atomic mass is 16.5. The van der Waals surface area contributed by atoms with Gasteiger partial charge < -0.3 is 15.2 Å². The predicted molar refractivity (Wildman–Crippen MR) is 69.7 cm³/mol. The number of ether oxygens (including phenoxy) is 1. The van der Waals surface area contributed by atoms with Gasteiger partial charge >= 0.3 is 0 Å². The number of para-hydroxylation sites is 1. The SMILES string of the molecule is C#CCCCCNC(=O)c1cccc(OC)c1O. The highest BCUT2D eigenvalue weighted by molar-refractivity contribution is 5.97. The van der Waals surface area contributed by atoms with Crippen LogP contribution in [0.3, 0.4) is 0 Å². The van der Waals surface area contributed by atoms with Crippen LogP contribution in [0.1, 0.15) is 29.6 Å². The first-order valence-corrected chi connectivity index (χ1v) is 5.78. The topological polar surface area (TPSA) is 58.6 Å². The van der Waals surface area contributed by atoms with Crippen molar-refractivity contribution in [2.24, 2.45) is 0 Å². The Balaban J connectivity index is 2.54. The summed E-state index contributed by atoms with van der Waals surface area (Å²) in [6, 6.07) is 4.81. The van der Waals surface area contributed by atoms with Crippen LogP contribution in [0, 0.1) is 12.3 Å². The second-order valence-corrected chi connectivity index (χ2v) is 3.77. The van der Waals surface area contributed by atoms with E-state index in [0.29, 0.717) is 13.0 Å². The molecule has 0 bridgehead atoms. The Morgan fingerprint density at radius 2 is 2.28 bits per heavy atom. The van der Waals surface area contributed by atoms with Gasteiger partial charge in [-0.25, -0.2) is 0 Å². The van der Waals surface area contributed by atoms with Gasteiger partial charge in [0.15, 0.2) is 11.5 Å². The summed E-state index contributed by atoms with van der Waals surface area (Å²) in [6.07, 6.45) is 7.53. The van der Waals surface area contributed by atoms with Crippen LogP contribution in [0.5, 0.6) is 11.5 Å². The summed E-state index contributed by atoms with van der Waals surface area (Å²) in [5, 5.41) is 12.5. The van der Waals surface area contributed by atoms with Crippen molar-refractivity contribution in [2.45, 2.75) is 19.3 Å². The zero-order valence-corrected chi connectivity index (χ0v) is 10.4. The highest BCUT2D eigenvalue weighted by Gasteiger charge is 2.13. The van der Waals surface area contributed by atoms with Gasteiger partial charge in [0.05, 0.1) is 12.7 Å². The number of phenols is 1. The first-order valence-electron chi connectivity index (χ1n) is 5.78. The lowest BCUT2D eigenvalue weighted by atomic mass is 10.1. The Bertz CT molecular complexity index is 449. The van der Waals surface area contributed by atoms with Gasteiger partial charge in [-0.2, -0.15) is 0 Å². The van der Waals surface area contributed by atoms with Gasteiger partial charge in [0.2, 0.25) is 0 Å². The summed E-state index contributed by atoms with van der Waals surface area (Å²) >= 11 is 0. The predicted octanol–water partition coefficient (Wildman–Crippen LogP) is 1.93. The van der Waals surface area contributed by atoms with E-state index in [4.69, 9.17) is 11.2 Å². The summed E-state index contributed by atoms with van der Waals surface area (Å²) in [7, 11) is 1.44. The van der Waals surface area contributed by atoms with Crippen molar-refractivity contribution < 1.29 is 14.6 Å². The minimum atomic E-state index is -0.313. The van der Waals surface area contributed by atoms with Crippen molar-refractivity contribution in [3.63, 3.8) is 0 Å². The minimum Gasteiger partial charge on any atom is -0.504 e. The molecule has 2 N–H and O–H groups in total. The molecule has 0 aromatic heterocycles. The average molecular weight is 247 g/mol. The molecule has 1 aromatic carbocycles. The number of methoxy groups -OCH3 is 1. The summed E-state index contributed by atoms with van der Waals surface area (Å²) < 4.78 is 4.94. The normalized spacial score (nSPS) is 9.56. The van der Waals surface area contributed by atoms with Crippen LogP contribution in [0.15, 0.2) is 18.2 Å². The molecule has 4 nitrogen and oxygen atoms in total. The molecule has 0 atom stereocenters. The lowest BCUT2D eigenvalue weighted by Crippen LogP contribution is -2.24. The molecular formula is C14H17NO3. The fraction of sp³-hybridized carbons (Fsp3) is 0.357. The van der Waals surface area contributed by atoms with Crippen molar-refractivity contribution in [3.05, 3.63) is 23.8 Å². The molecule has 0 unspecified atom stereocenters. The Morgan fingerprint density at radius 3 is 2.94 bits per heavy atom. The molecule has 1 aromatic rings. The number of terminal acetylenes is 1. The average Bonchev–Trinajstić information content (AvgIpc) is 2.38. The van der Waals surface area contributed by atoms with E-state index >= 15 is 0 Å². The zero-order valence-electron chi connectivity index (χ0n) is 10.4. The second-order valence-electron chi connectivity index (χ2n) is 3.77. The number of aromatic hydroxyl groups is 1. The maximum Gasteiger partial charge on any atom is 0.255 e. The first-order chi connectivity index (χ1) is 8.70. The number of nitrogens with one attached hydrogen (secondary N) is 1.